The highest BCUT2D eigenvalue weighted by Gasteiger charge is 2.31. The van der Waals surface area contributed by atoms with Crippen molar-refractivity contribution in [2.24, 2.45) is 10.2 Å². The Kier molecular flexibility index (Phi) is 4.81. The summed E-state index contributed by atoms with van der Waals surface area (Å²) in [7, 11) is 4.08. The number of anilines is 2. The number of nitrogens with zero attached hydrogens (tertiary/aromatic N) is 5. The predicted molar refractivity (Wildman–Crippen MR) is 99.9 cm³/mol. The molecular formula is C19H25N5. The van der Waals surface area contributed by atoms with E-state index in [9.17, 15) is 0 Å². The highest BCUT2D eigenvalue weighted by molar-refractivity contribution is 5.57. The van der Waals surface area contributed by atoms with Crippen LogP contribution in [0.5, 0.6) is 0 Å². The molecule has 3 rings (SSSR count). The molecule has 2 aromatic rings. The van der Waals surface area contributed by atoms with Crippen LogP contribution < -0.4 is 9.91 Å². The first-order valence-corrected chi connectivity index (χ1v) is 8.47. The lowest BCUT2D eigenvalue weighted by molar-refractivity contribution is 0.263. The summed E-state index contributed by atoms with van der Waals surface area (Å²) >= 11 is 0. The standard InChI is InChI=1S/C19H25N5/c1-5-24(6-2)16-13-11-15(12-14-16)20-21-19-17-9-7-8-10-18(17)22(3)23(19)4/h7-14,19H,5-6H2,1-4H3. The molecule has 1 unspecified atom stereocenters. The second-order valence-electron chi connectivity index (χ2n) is 5.93. The predicted octanol–water partition coefficient (Wildman–Crippen LogP) is 4.61. The highest BCUT2D eigenvalue weighted by Crippen LogP contribution is 2.39. The molecule has 0 N–H and O–H groups in total. The maximum atomic E-state index is 4.58. The molecule has 0 aromatic heterocycles. The number of azo groups is 1. The number of fused-ring (bicyclic) bond motifs is 1. The van der Waals surface area contributed by atoms with Crippen molar-refractivity contribution in [2.45, 2.75) is 20.0 Å². The first-order chi connectivity index (χ1) is 11.7. The van der Waals surface area contributed by atoms with Gasteiger partial charge >= 0.3 is 0 Å². The molecular weight excluding hydrogens is 298 g/mol. The van der Waals surface area contributed by atoms with Gasteiger partial charge in [-0.15, -0.1) is 0 Å². The maximum Gasteiger partial charge on any atom is 0.167 e. The average Bonchev–Trinajstić information content (AvgIpc) is 2.87. The van der Waals surface area contributed by atoms with Crippen molar-refractivity contribution in [1.82, 2.24) is 5.01 Å². The first kappa shape index (κ1) is 16.5. The van der Waals surface area contributed by atoms with Crippen molar-refractivity contribution in [1.29, 1.82) is 0 Å². The van der Waals surface area contributed by atoms with E-state index in [4.69, 9.17) is 0 Å². The molecule has 5 nitrogen and oxygen atoms in total. The first-order valence-electron chi connectivity index (χ1n) is 8.47. The van der Waals surface area contributed by atoms with Gasteiger partial charge in [-0.2, -0.15) is 15.2 Å². The molecule has 0 aliphatic carbocycles. The minimum atomic E-state index is -0.0753. The highest BCUT2D eigenvalue weighted by atomic mass is 15.7. The summed E-state index contributed by atoms with van der Waals surface area (Å²) in [5.41, 5.74) is 4.47. The van der Waals surface area contributed by atoms with Gasteiger partial charge in [0.05, 0.1) is 11.4 Å². The number of hydrazine groups is 1. The van der Waals surface area contributed by atoms with Crippen LogP contribution in [0.2, 0.25) is 0 Å². The third-order valence-electron chi connectivity index (χ3n) is 4.65. The molecule has 1 aliphatic rings. The van der Waals surface area contributed by atoms with Crippen LogP contribution in [0.1, 0.15) is 25.6 Å². The van der Waals surface area contributed by atoms with Gasteiger partial charge in [-0.3, -0.25) is 0 Å². The second-order valence-corrected chi connectivity index (χ2v) is 5.93. The molecule has 0 bridgehead atoms. The van der Waals surface area contributed by atoms with E-state index in [0.29, 0.717) is 0 Å². The number of para-hydroxylation sites is 1. The molecule has 24 heavy (non-hydrogen) atoms. The van der Waals surface area contributed by atoms with E-state index in [0.717, 1.165) is 18.8 Å². The molecule has 0 amide bonds. The summed E-state index contributed by atoms with van der Waals surface area (Å²) < 4.78 is 0. The fourth-order valence-electron chi connectivity index (χ4n) is 3.11. The van der Waals surface area contributed by atoms with Crippen molar-refractivity contribution in [3.63, 3.8) is 0 Å². The van der Waals surface area contributed by atoms with Gasteiger partial charge in [0.1, 0.15) is 0 Å². The maximum absolute atomic E-state index is 4.58. The van der Waals surface area contributed by atoms with E-state index in [2.05, 4.69) is 69.3 Å². The summed E-state index contributed by atoms with van der Waals surface area (Å²) in [6, 6.07) is 16.6. The van der Waals surface area contributed by atoms with Crippen LogP contribution in [-0.4, -0.2) is 32.2 Å². The van der Waals surface area contributed by atoms with Gasteiger partial charge in [-0.25, -0.2) is 0 Å². The van der Waals surface area contributed by atoms with Crippen molar-refractivity contribution < 1.29 is 0 Å². The molecule has 1 aliphatic heterocycles. The Morgan fingerprint density at radius 2 is 1.62 bits per heavy atom. The molecule has 5 heteroatoms. The van der Waals surface area contributed by atoms with Crippen molar-refractivity contribution >= 4 is 17.1 Å². The Labute approximate surface area is 144 Å². The SMILES string of the molecule is CCN(CC)c1ccc(N=NC2c3ccccc3N(C)N2C)cc1. The fourth-order valence-corrected chi connectivity index (χ4v) is 3.11. The lowest BCUT2D eigenvalue weighted by Gasteiger charge is -2.23. The topological polar surface area (TPSA) is 34.4 Å². The Morgan fingerprint density at radius 3 is 2.29 bits per heavy atom. The van der Waals surface area contributed by atoms with E-state index < -0.39 is 0 Å². The monoisotopic (exact) mass is 323 g/mol. The second kappa shape index (κ2) is 7.01. The third-order valence-corrected chi connectivity index (χ3v) is 4.65. The van der Waals surface area contributed by atoms with E-state index in [1.165, 1.54) is 16.9 Å². The van der Waals surface area contributed by atoms with Crippen LogP contribution in [0, 0.1) is 0 Å². The minimum Gasteiger partial charge on any atom is -0.372 e. The molecule has 1 atom stereocenters. The van der Waals surface area contributed by atoms with E-state index in [1.54, 1.807) is 0 Å². The van der Waals surface area contributed by atoms with Gasteiger partial charge < -0.3 is 9.91 Å². The van der Waals surface area contributed by atoms with Gasteiger partial charge in [0, 0.05) is 38.4 Å². The van der Waals surface area contributed by atoms with E-state index in [1.807, 2.05) is 32.3 Å². The third kappa shape index (κ3) is 2.99. The summed E-state index contributed by atoms with van der Waals surface area (Å²) in [4.78, 5) is 2.32. The molecule has 0 spiro atoms. The van der Waals surface area contributed by atoms with Crippen molar-refractivity contribution in [3.05, 3.63) is 54.1 Å². The Bertz CT molecular complexity index is 706. The van der Waals surface area contributed by atoms with Crippen LogP contribution >= 0.6 is 0 Å². The Hall–Kier alpha value is -2.40. The molecule has 1 heterocycles. The van der Waals surface area contributed by atoms with Crippen LogP contribution in [0.15, 0.2) is 58.8 Å². The lowest BCUT2D eigenvalue weighted by atomic mass is 10.1. The van der Waals surface area contributed by atoms with Gasteiger partial charge in [-0.1, -0.05) is 18.2 Å². The van der Waals surface area contributed by atoms with Gasteiger partial charge in [0.2, 0.25) is 0 Å². The van der Waals surface area contributed by atoms with E-state index >= 15 is 0 Å². The summed E-state index contributed by atoms with van der Waals surface area (Å²) in [6.07, 6.45) is -0.0753. The lowest BCUT2D eigenvalue weighted by Crippen LogP contribution is -2.32. The van der Waals surface area contributed by atoms with Crippen molar-refractivity contribution in [2.75, 3.05) is 37.1 Å². The van der Waals surface area contributed by atoms with Crippen LogP contribution in [0.4, 0.5) is 17.1 Å². The smallest absolute Gasteiger partial charge is 0.167 e. The van der Waals surface area contributed by atoms with Crippen LogP contribution in [0.3, 0.4) is 0 Å². The molecule has 0 fully saturated rings. The zero-order valence-corrected chi connectivity index (χ0v) is 14.8. The Balaban J connectivity index is 1.79. The summed E-state index contributed by atoms with van der Waals surface area (Å²) in [5.74, 6) is 0. The molecule has 0 saturated heterocycles. The zero-order valence-electron chi connectivity index (χ0n) is 14.8. The fraction of sp³-hybridized carbons (Fsp3) is 0.368. The van der Waals surface area contributed by atoms with Gasteiger partial charge in [0.15, 0.2) is 6.17 Å². The van der Waals surface area contributed by atoms with Crippen LogP contribution in [0.25, 0.3) is 0 Å². The van der Waals surface area contributed by atoms with Gasteiger partial charge in [0.25, 0.3) is 0 Å². The number of benzene rings is 2. The molecule has 0 saturated carbocycles. The normalized spacial score (nSPS) is 17.5. The largest absolute Gasteiger partial charge is 0.372 e. The number of hydrogen-bond acceptors (Lipinski definition) is 5. The summed E-state index contributed by atoms with van der Waals surface area (Å²) in [6.45, 7) is 6.35. The van der Waals surface area contributed by atoms with Crippen LogP contribution in [-0.2, 0) is 0 Å². The Morgan fingerprint density at radius 1 is 0.958 bits per heavy atom. The number of rotatable bonds is 5. The van der Waals surface area contributed by atoms with Crippen molar-refractivity contribution in [3.8, 4) is 0 Å². The summed E-state index contributed by atoms with van der Waals surface area (Å²) in [5, 5.41) is 13.2. The average molecular weight is 323 g/mol. The number of hydrogen-bond donors (Lipinski definition) is 0. The molecule has 0 radical (unpaired) electrons. The van der Waals surface area contributed by atoms with Gasteiger partial charge in [-0.05, 0) is 44.2 Å². The zero-order chi connectivity index (χ0) is 17.1. The quantitative estimate of drug-likeness (QED) is 0.754. The minimum absolute atomic E-state index is 0.0753. The molecule has 126 valence electrons. The molecule has 2 aromatic carbocycles. The van der Waals surface area contributed by atoms with E-state index in [-0.39, 0.29) is 6.17 Å².